The molecular weight excluding hydrogens is 550 g/mol. The van der Waals surface area contributed by atoms with Crippen molar-refractivity contribution in [2.45, 2.75) is 71.4 Å². The molecule has 0 unspecified atom stereocenters. The fourth-order valence-electron chi connectivity index (χ4n) is 4.79. The first-order valence-corrected chi connectivity index (χ1v) is 15.8. The summed E-state index contributed by atoms with van der Waals surface area (Å²) in [5.41, 5.74) is 3.84. The van der Waals surface area contributed by atoms with Crippen molar-refractivity contribution in [2.75, 3.05) is 24.5 Å². The molecule has 0 bridgehead atoms. The van der Waals surface area contributed by atoms with E-state index in [1.54, 1.807) is 49.6 Å². The molecule has 0 aliphatic heterocycles. The van der Waals surface area contributed by atoms with Gasteiger partial charge < -0.3 is 15.0 Å². The van der Waals surface area contributed by atoms with Gasteiger partial charge in [0.2, 0.25) is 11.8 Å². The van der Waals surface area contributed by atoms with Gasteiger partial charge in [-0.25, -0.2) is 8.42 Å². The topological polar surface area (TPSA) is 96.0 Å². The monoisotopic (exact) mass is 593 g/mol. The van der Waals surface area contributed by atoms with E-state index >= 15 is 0 Å². The lowest BCUT2D eigenvalue weighted by Crippen LogP contribution is -2.52. The van der Waals surface area contributed by atoms with E-state index in [1.165, 1.54) is 4.90 Å². The molecule has 1 atom stereocenters. The number of rotatable bonds is 14. The Labute approximate surface area is 250 Å². The molecule has 9 heteroatoms. The van der Waals surface area contributed by atoms with E-state index in [-0.39, 0.29) is 17.3 Å². The molecule has 226 valence electrons. The quantitative estimate of drug-likeness (QED) is 0.248. The fraction of sp³-hybridized carbons (Fsp3) is 0.394. The highest BCUT2D eigenvalue weighted by Gasteiger charge is 2.34. The van der Waals surface area contributed by atoms with Crippen molar-refractivity contribution in [3.63, 3.8) is 0 Å². The minimum absolute atomic E-state index is 0.0897. The van der Waals surface area contributed by atoms with Crippen LogP contribution in [0, 0.1) is 20.8 Å². The van der Waals surface area contributed by atoms with Crippen LogP contribution >= 0.6 is 0 Å². The second-order valence-corrected chi connectivity index (χ2v) is 12.4. The lowest BCUT2D eigenvalue weighted by Gasteiger charge is -2.33. The van der Waals surface area contributed by atoms with Crippen LogP contribution in [0.5, 0.6) is 5.75 Å². The van der Waals surface area contributed by atoms with E-state index in [0.29, 0.717) is 24.4 Å². The Balaban J connectivity index is 2.06. The van der Waals surface area contributed by atoms with Gasteiger partial charge >= 0.3 is 0 Å². The van der Waals surface area contributed by atoms with Crippen molar-refractivity contribution in [2.24, 2.45) is 0 Å². The first kappa shape index (κ1) is 32.7. The van der Waals surface area contributed by atoms with Crippen molar-refractivity contribution >= 4 is 27.5 Å². The number of unbranched alkanes of at least 4 members (excludes halogenated alkanes) is 1. The molecule has 0 fully saturated rings. The summed E-state index contributed by atoms with van der Waals surface area (Å²) in [6.07, 6.45) is 2.12. The number of nitrogens with zero attached hydrogens (tertiary/aromatic N) is 2. The van der Waals surface area contributed by atoms with Crippen LogP contribution in [0.1, 0.15) is 55.4 Å². The normalized spacial score (nSPS) is 12.0. The molecule has 1 N–H and O–H groups in total. The van der Waals surface area contributed by atoms with Gasteiger partial charge in [0.25, 0.3) is 10.0 Å². The zero-order valence-corrected chi connectivity index (χ0v) is 26.3. The number of nitrogens with one attached hydrogen (secondary N) is 1. The van der Waals surface area contributed by atoms with Crippen molar-refractivity contribution < 1.29 is 22.7 Å². The molecule has 0 heterocycles. The summed E-state index contributed by atoms with van der Waals surface area (Å²) in [5, 5.41) is 2.95. The second-order valence-electron chi connectivity index (χ2n) is 10.6. The Morgan fingerprint density at radius 1 is 0.905 bits per heavy atom. The summed E-state index contributed by atoms with van der Waals surface area (Å²) in [7, 11) is -2.54. The average molecular weight is 594 g/mol. The first-order chi connectivity index (χ1) is 20.0. The van der Waals surface area contributed by atoms with E-state index in [9.17, 15) is 18.0 Å². The SMILES string of the molecule is CCCCNC(=O)[C@H](CC)N(Cc1ccc(OC)cc1)C(=O)CN(c1ccc(C)cc1C)S(=O)(=O)c1ccc(C)cc1. The molecule has 8 nitrogen and oxygen atoms in total. The number of hydrogen-bond donors (Lipinski definition) is 1. The van der Waals surface area contributed by atoms with E-state index < -0.39 is 28.5 Å². The van der Waals surface area contributed by atoms with E-state index in [2.05, 4.69) is 5.32 Å². The molecule has 0 saturated heterocycles. The standard InChI is InChI=1S/C33H43N3O5S/c1-7-9-20-34-33(38)30(8-2)35(22-27-13-15-28(41-6)16-14-27)32(37)23-36(31-19-12-25(4)21-26(31)5)42(39,40)29-17-10-24(3)11-18-29/h10-19,21,30H,7-9,20,22-23H2,1-6H3,(H,34,38)/t30-/m0/s1. The number of anilines is 1. The number of benzene rings is 3. The molecule has 2 amide bonds. The predicted molar refractivity (Wildman–Crippen MR) is 167 cm³/mol. The van der Waals surface area contributed by atoms with Crippen LogP contribution in [-0.4, -0.2) is 51.4 Å². The molecule has 42 heavy (non-hydrogen) atoms. The van der Waals surface area contributed by atoms with E-state index in [1.807, 2.05) is 58.9 Å². The summed E-state index contributed by atoms with van der Waals surface area (Å²) in [4.78, 5) is 29.1. The molecule has 0 radical (unpaired) electrons. The molecule has 0 spiro atoms. The summed E-state index contributed by atoms with van der Waals surface area (Å²) in [5.74, 6) is -0.0579. The van der Waals surface area contributed by atoms with Crippen LogP contribution in [0.3, 0.4) is 0 Å². The third-order valence-electron chi connectivity index (χ3n) is 7.24. The minimum Gasteiger partial charge on any atom is -0.497 e. The van der Waals surface area contributed by atoms with Crippen LogP contribution in [0.4, 0.5) is 5.69 Å². The smallest absolute Gasteiger partial charge is 0.264 e. The van der Waals surface area contributed by atoms with E-state index in [0.717, 1.165) is 39.4 Å². The molecule has 3 aromatic rings. The maximum atomic E-state index is 14.2. The lowest BCUT2D eigenvalue weighted by molar-refractivity contribution is -0.140. The van der Waals surface area contributed by atoms with Gasteiger partial charge in [-0.2, -0.15) is 0 Å². The van der Waals surface area contributed by atoms with Crippen molar-refractivity contribution in [3.8, 4) is 5.75 Å². The van der Waals surface area contributed by atoms with Crippen molar-refractivity contribution in [1.29, 1.82) is 0 Å². The van der Waals surface area contributed by atoms with Crippen LogP contribution in [0.2, 0.25) is 0 Å². The second kappa shape index (κ2) is 14.9. The van der Waals surface area contributed by atoms with Crippen molar-refractivity contribution in [3.05, 3.63) is 89.0 Å². The number of ether oxygens (including phenoxy) is 1. The van der Waals surface area contributed by atoms with Crippen LogP contribution in [0.15, 0.2) is 71.6 Å². The van der Waals surface area contributed by atoms with Gasteiger partial charge in [0, 0.05) is 13.1 Å². The number of aryl methyl sites for hydroxylation is 3. The molecule has 0 aromatic heterocycles. The van der Waals surface area contributed by atoms with Gasteiger partial charge in [-0.1, -0.05) is 67.8 Å². The van der Waals surface area contributed by atoms with Gasteiger partial charge in [-0.3, -0.25) is 13.9 Å². The molecule has 3 aromatic carbocycles. The van der Waals surface area contributed by atoms with Crippen LogP contribution < -0.4 is 14.4 Å². The molecular formula is C33H43N3O5S. The van der Waals surface area contributed by atoms with Crippen LogP contribution in [-0.2, 0) is 26.2 Å². The zero-order chi connectivity index (χ0) is 30.9. The van der Waals surface area contributed by atoms with Gasteiger partial charge in [0.05, 0.1) is 17.7 Å². The predicted octanol–water partition coefficient (Wildman–Crippen LogP) is 5.54. The molecule has 0 aliphatic rings. The Morgan fingerprint density at radius 2 is 1.55 bits per heavy atom. The third kappa shape index (κ3) is 8.12. The Hall–Kier alpha value is -3.85. The molecule has 0 aliphatic carbocycles. The zero-order valence-electron chi connectivity index (χ0n) is 25.5. The Bertz CT molecular complexity index is 1450. The molecule has 3 rings (SSSR count). The first-order valence-electron chi connectivity index (χ1n) is 14.4. The summed E-state index contributed by atoms with van der Waals surface area (Å²) in [6, 6.07) is 18.5. The summed E-state index contributed by atoms with van der Waals surface area (Å²) >= 11 is 0. The largest absolute Gasteiger partial charge is 0.497 e. The minimum atomic E-state index is -4.12. The van der Waals surface area contributed by atoms with Gasteiger partial charge in [-0.15, -0.1) is 0 Å². The summed E-state index contributed by atoms with van der Waals surface area (Å²) < 4.78 is 34.6. The number of carbonyl (C=O) groups is 2. The van der Waals surface area contributed by atoms with Gasteiger partial charge in [0.1, 0.15) is 18.3 Å². The van der Waals surface area contributed by atoms with Crippen molar-refractivity contribution in [1.82, 2.24) is 10.2 Å². The third-order valence-corrected chi connectivity index (χ3v) is 9.01. The fourth-order valence-corrected chi connectivity index (χ4v) is 6.27. The van der Waals surface area contributed by atoms with E-state index in [4.69, 9.17) is 4.74 Å². The van der Waals surface area contributed by atoms with Gasteiger partial charge in [-0.05, 0) is 75.1 Å². The lowest BCUT2D eigenvalue weighted by atomic mass is 10.1. The number of amides is 2. The highest BCUT2D eigenvalue weighted by atomic mass is 32.2. The average Bonchev–Trinajstić information content (AvgIpc) is 2.96. The van der Waals surface area contributed by atoms with Crippen LogP contribution in [0.25, 0.3) is 0 Å². The maximum absolute atomic E-state index is 14.2. The Morgan fingerprint density at radius 3 is 2.12 bits per heavy atom. The summed E-state index contributed by atoms with van der Waals surface area (Å²) in [6.45, 7) is 9.71. The maximum Gasteiger partial charge on any atom is 0.264 e. The highest BCUT2D eigenvalue weighted by Crippen LogP contribution is 2.28. The number of methoxy groups -OCH3 is 1. The highest BCUT2D eigenvalue weighted by molar-refractivity contribution is 7.92. The number of sulfonamides is 1. The Kier molecular flexibility index (Phi) is 11.6. The molecule has 0 saturated carbocycles. The number of carbonyl (C=O) groups excluding carboxylic acids is 2. The van der Waals surface area contributed by atoms with Gasteiger partial charge in [0.15, 0.2) is 0 Å². The number of hydrogen-bond acceptors (Lipinski definition) is 5.